The molecule has 0 fully saturated rings. The molecule has 0 atom stereocenters. The first kappa shape index (κ1) is 12.8. The Labute approximate surface area is 115 Å². The van der Waals surface area contributed by atoms with E-state index >= 15 is 0 Å². The summed E-state index contributed by atoms with van der Waals surface area (Å²) in [7, 11) is -3.83. The fraction of sp³-hybridized carbons (Fsp3) is 0.455. The number of sulfonamides is 1. The van der Waals surface area contributed by atoms with Crippen LogP contribution in [-0.2, 0) is 29.4 Å². The van der Waals surface area contributed by atoms with Crippen molar-refractivity contribution in [1.82, 2.24) is 14.8 Å². The van der Waals surface area contributed by atoms with Gasteiger partial charge in [0.2, 0.25) is 0 Å². The molecule has 19 heavy (non-hydrogen) atoms. The number of thiophene rings is 1. The number of nitrogens with zero attached hydrogens (tertiary/aromatic N) is 3. The van der Waals surface area contributed by atoms with Gasteiger partial charge >= 0.3 is 0 Å². The minimum Gasteiger partial charge on any atom is -0.296 e. The molecule has 0 unspecified atom stereocenters. The first-order valence-corrected chi connectivity index (χ1v) is 8.45. The SMILES string of the molecule is CCn1c(-c2cc3c(s2)CCC3)nnc1S(N)(=O)=O. The van der Waals surface area contributed by atoms with E-state index in [0.717, 1.165) is 17.7 Å². The summed E-state index contributed by atoms with van der Waals surface area (Å²) in [6.07, 6.45) is 3.39. The molecule has 0 aromatic carbocycles. The number of fused-ring (bicyclic) bond motifs is 1. The molecule has 0 spiro atoms. The zero-order valence-electron chi connectivity index (χ0n) is 10.5. The summed E-state index contributed by atoms with van der Waals surface area (Å²) in [5.74, 6) is 0.589. The van der Waals surface area contributed by atoms with Crippen LogP contribution in [0, 0.1) is 0 Å². The van der Waals surface area contributed by atoms with Crippen LogP contribution in [0.3, 0.4) is 0 Å². The molecule has 0 bridgehead atoms. The van der Waals surface area contributed by atoms with E-state index in [4.69, 9.17) is 5.14 Å². The minimum absolute atomic E-state index is 0.168. The van der Waals surface area contributed by atoms with Gasteiger partial charge in [-0.1, -0.05) is 0 Å². The molecule has 102 valence electrons. The third-order valence-electron chi connectivity index (χ3n) is 3.25. The van der Waals surface area contributed by atoms with Crippen LogP contribution in [0.4, 0.5) is 0 Å². The third kappa shape index (κ3) is 2.09. The molecule has 2 aromatic heterocycles. The lowest BCUT2D eigenvalue weighted by molar-refractivity contribution is 0.571. The Bertz CT molecular complexity index is 708. The summed E-state index contributed by atoms with van der Waals surface area (Å²) >= 11 is 1.67. The van der Waals surface area contributed by atoms with Crippen molar-refractivity contribution in [2.75, 3.05) is 0 Å². The molecule has 6 nitrogen and oxygen atoms in total. The number of primary sulfonamides is 1. The molecule has 0 radical (unpaired) electrons. The van der Waals surface area contributed by atoms with Gasteiger partial charge in [0.25, 0.3) is 15.2 Å². The van der Waals surface area contributed by atoms with Crippen LogP contribution in [0.15, 0.2) is 11.2 Å². The molecule has 2 heterocycles. The second-order valence-electron chi connectivity index (χ2n) is 4.51. The van der Waals surface area contributed by atoms with E-state index in [0.29, 0.717) is 12.4 Å². The van der Waals surface area contributed by atoms with E-state index in [9.17, 15) is 8.42 Å². The summed E-state index contributed by atoms with van der Waals surface area (Å²) in [5, 5.41) is 12.7. The maximum absolute atomic E-state index is 11.5. The molecular weight excluding hydrogens is 284 g/mol. The number of nitrogens with two attached hydrogens (primary N) is 1. The fourth-order valence-electron chi connectivity index (χ4n) is 2.41. The maximum Gasteiger partial charge on any atom is 0.273 e. The van der Waals surface area contributed by atoms with E-state index in [1.165, 1.54) is 16.9 Å². The zero-order chi connectivity index (χ0) is 13.6. The largest absolute Gasteiger partial charge is 0.296 e. The van der Waals surface area contributed by atoms with Gasteiger partial charge in [-0.2, -0.15) is 0 Å². The molecule has 8 heteroatoms. The number of aromatic nitrogens is 3. The van der Waals surface area contributed by atoms with E-state index in [-0.39, 0.29) is 5.16 Å². The molecule has 0 saturated heterocycles. The summed E-state index contributed by atoms with van der Waals surface area (Å²) < 4.78 is 24.5. The normalized spacial score (nSPS) is 14.8. The average Bonchev–Trinajstić information content (AvgIpc) is 2.99. The van der Waals surface area contributed by atoms with E-state index in [2.05, 4.69) is 16.3 Å². The Morgan fingerprint density at radius 1 is 1.42 bits per heavy atom. The van der Waals surface area contributed by atoms with Crippen molar-refractivity contribution >= 4 is 21.4 Å². The van der Waals surface area contributed by atoms with Gasteiger partial charge in [0.1, 0.15) is 0 Å². The quantitative estimate of drug-likeness (QED) is 0.920. The lowest BCUT2D eigenvalue weighted by atomic mass is 10.2. The van der Waals surface area contributed by atoms with Crippen molar-refractivity contribution in [2.45, 2.75) is 37.9 Å². The van der Waals surface area contributed by atoms with E-state index in [1.54, 1.807) is 15.9 Å². The highest BCUT2D eigenvalue weighted by Crippen LogP contribution is 2.36. The predicted molar refractivity (Wildman–Crippen MR) is 72.4 cm³/mol. The first-order chi connectivity index (χ1) is 9.00. The van der Waals surface area contributed by atoms with Gasteiger partial charge in [0, 0.05) is 11.4 Å². The molecule has 0 amide bonds. The average molecular weight is 298 g/mol. The van der Waals surface area contributed by atoms with Gasteiger partial charge in [-0.05, 0) is 37.8 Å². The zero-order valence-corrected chi connectivity index (χ0v) is 12.1. The Morgan fingerprint density at radius 2 is 2.21 bits per heavy atom. The number of hydrogen-bond donors (Lipinski definition) is 1. The van der Waals surface area contributed by atoms with Crippen LogP contribution >= 0.6 is 11.3 Å². The molecule has 2 N–H and O–H groups in total. The third-order valence-corrected chi connectivity index (χ3v) is 5.30. The molecule has 1 aliphatic rings. The topological polar surface area (TPSA) is 90.9 Å². The van der Waals surface area contributed by atoms with Gasteiger partial charge < -0.3 is 0 Å². The monoisotopic (exact) mass is 298 g/mol. The lowest BCUT2D eigenvalue weighted by Gasteiger charge is -2.04. The summed E-state index contributed by atoms with van der Waals surface area (Å²) in [6, 6.07) is 2.09. The van der Waals surface area contributed by atoms with Crippen LogP contribution < -0.4 is 5.14 Å². The second kappa shape index (κ2) is 4.39. The van der Waals surface area contributed by atoms with Crippen LogP contribution in [0.2, 0.25) is 0 Å². The van der Waals surface area contributed by atoms with Gasteiger partial charge in [-0.3, -0.25) is 4.57 Å². The maximum atomic E-state index is 11.5. The molecule has 0 saturated carbocycles. The van der Waals surface area contributed by atoms with Crippen LogP contribution in [0.25, 0.3) is 10.7 Å². The summed E-state index contributed by atoms with van der Waals surface area (Å²) in [4.78, 5) is 2.34. The highest BCUT2D eigenvalue weighted by molar-refractivity contribution is 7.89. The van der Waals surface area contributed by atoms with Gasteiger partial charge in [0.15, 0.2) is 5.82 Å². The van der Waals surface area contributed by atoms with Crippen LogP contribution in [0.5, 0.6) is 0 Å². The Kier molecular flexibility index (Phi) is 2.95. The van der Waals surface area contributed by atoms with Crippen molar-refractivity contribution in [2.24, 2.45) is 5.14 Å². The van der Waals surface area contributed by atoms with Gasteiger partial charge in [-0.25, -0.2) is 13.6 Å². The van der Waals surface area contributed by atoms with Crippen molar-refractivity contribution < 1.29 is 8.42 Å². The number of rotatable bonds is 3. The summed E-state index contributed by atoms with van der Waals surface area (Å²) in [6.45, 7) is 2.32. The van der Waals surface area contributed by atoms with E-state index in [1.807, 2.05) is 6.92 Å². The second-order valence-corrected chi connectivity index (χ2v) is 7.10. The van der Waals surface area contributed by atoms with Crippen molar-refractivity contribution in [3.63, 3.8) is 0 Å². The lowest BCUT2D eigenvalue weighted by Crippen LogP contribution is -2.18. The van der Waals surface area contributed by atoms with Crippen molar-refractivity contribution in [3.05, 3.63) is 16.5 Å². The van der Waals surface area contributed by atoms with Gasteiger partial charge in [-0.15, -0.1) is 21.5 Å². The molecule has 2 aromatic rings. The van der Waals surface area contributed by atoms with Crippen LogP contribution in [-0.4, -0.2) is 23.2 Å². The molecular formula is C11H14N4O2S2. The number of aryl methyl sites for hydroxylation is 2. The van der Waals surface area contributed by atoms with Crippen LogP contribution in [0.1, 0.15) is 23.8 Å². The Balaban J connectivity index is 2.12. The Morgan fingerprint density at radius 3 is 2.84 bits per heavy atom. The smallest absolute Gasteiger partial charge is 0.273 e. The number of hydrogen-bond acceptors (Lipinski definition) is 5. The highest BCUT2D eigenvalue weighted by Gasteiger charge is 2.23. The fourth-order valence-corrected chi connectivity index (χ4v) is 4.33. The molecule has 3 rings (SSSR count). The van der Waals surface area contributed by atoms with Crippen molar-refractivity contribution in [1.29, 1.82) is 0 Å². The Hall–Kier alpha value is -1.25. The first-order valence-electron chi connectivity index (χ1n) is 6.08. The molecule has 0 aliphatic heterocycles. The standard InChI is InChI=1S/C11H14N4O2S2/c1-2-15-10(13-14-11(15)19(12,16)17)9-6-7-4-3-5-8(7)18-9/h6H,2-5H2,1H3,(H2,12,16,17). The predicted octanol–water partition coefficient (Wildman–Crippen LogP) is 1.16. The van der Waals surface area contributed by atoms with E-state index < -0.39 is 10.0 Å². The molecule has 1 aliphatic carbocycles. The van der Waals surface area contributed by atoms with Gasteiger partial charge in [0.05, 0.1) is 4.88 Å². The highest BCUT2D eigenvalue weighted by atomic mass is 32.2. The van der Waals surface area contributed by atoms with Crippen molar-refractivity contribution in [3.8, 4) is 10.7 Å². The summed E-state index contributed by atoms with van der Waals surface area (Å²) in [5.41, 5.74) is 1.35. The minimum atomic E-state index is -3.83.